The maximum Gasteiger partial charge on any atom is 0.293 e. The van der Waals surface area contributed by atoms with E-state index >= 15 is 0 Å². The number of ketones is 1. The second-order valence-electron chi connectivity index (χ2n) is 4.94. The molecule has 0 fully saturated rings. The lowest BCUT2D eigenvalue weighted by Crippen LogP contribution is -2.14. The summed E-state index contributed by atoms with van der Waals surface area (Å²) in [5.41, 5.74) is 0.804. The predicted molar refractivity (Wildman–Crippen MR) is 83.2 cm³/mol. The number of Topliss-reactive ketones (excluding diaryl/α,β-unsaturated/α-hetero) is 1. The van der Waals surface area contributed by atoms with Crippen molar-refractivity contribution in [3.8, 4) is 0 Å². The molecule has 0 N–H and O–H groups in total. The number of para-hydroxylation sites is 1. The van der Waals surface area contributed by atoms with Gasteiger partial charge in [0, 0.05) is 29.5 Å². The van der Waals surface area contributed by atoms with Crippen molar-refractivity contribution in [3.05, 3.63) is 75.8 Å². The van der Waals surface area contributed by atoms with Gasteiger partial charge in [0.15, 0.2) is 5.78 Å². The molecule has 0 saturated heterocycles. The van der Waals surface area contributed by atoms with E-state index in [2.05, 4.69) is 0 Å². The van der Waals surface area contributed by atoms with Gasteiger partial charge in [-0.25, -0.2) is 0 Å². The van der Waals surface area contributed by atoms with Gasteiger partial charge in [0.05, 0.1) is 11.5 Å². The third-order valence-corrected chi connectivity index (χ3v) is 3.47. The van der Waals surface area contributed by atoms with E-state index in [-0.39, 0.29) is 31.0 Å². The summed E-state index contributed by atoms with van der Waals surface area (Å²) in [7, 11) is 0. The minimum absolute atomic E-state index is 0.0166. The zero-order valence-corrected chi connectivity index (χ0v) is 12.3. The molecule has 23 heavy (non-hydrogen) atoms. The quantitative estimate of drug-likeness (QED) is 0.323. The Labute approximate surface area is 132 Å². The lowest BCUT2D eigenvalue weighted by Gasteiger charge is -2.15. The molecule has 0 saturated carbocycles. The molecule has 0 aliphatic heterocycles. The number of benzene rings is 2. The summed E-state index contributed by atoms with van der Waals surface area (Å²) in [5, 5.41) is 11.2. The lowest BCUT2D eigenvalue weighted by molar-refractivity contribution is -0.385. The molecule has 1 unspecified atom stereocenters. The maximum atomic E-state index is 12.4. The van der Waals surface area contributed by atoms with Crippen LogP contribution in [0.4, 0.5) is 5.69 Å². The Bertz CT molecular complexity index is 699. The maximum absolute atomic E-state index is 12.4. The van der Waals surface area contributed by atoms with Crippen LogP contribution in [-0.4, -0.2) is 23.8 Å². The second kappa shape index (κ2) is 7.84. The van der Waals surface area contributed by atoms with Crippen molar-refractivity contribution in [2.75, 3.05) is 6.61 Å². The topological polar surface area (TPSA) is 86.5 Å². The van der Waals surface area contributed by atoms with Crippen molar-refractivity contribution in [3.63, 3.8) is 0 Å². The van der Waals surface area contributed by atoms with Crippen LogP contribution in [0.15, 0.2) is 54.6 Å². The number of rotatable bonds is 8. The first-order valence-corrected chi connectivity index (χ1v) is 7.00. The number of carbonyl (C=O) groups excluding carboxylic acids is 2. The summed E-state index contributed by atoms with van der Waals surface area (Å²) >= 11 is 0. The second-order valence-corrected chi connectivity index (χ2v) is 4.94. The van der Waals surface area contributed by atoms with Crippen molar-refractivity contribution in [1.82, 2.24) is 0 Å². The van der Waals surface area contributed by atoms with Crippen LogP contribution in [0.2, 0.25) is 0 Å². The Balaban J connectivity index is 2.29. The van der Waals surface area contributed by atoms with Crippen LogP contribution in [0, 0.1) is 10.1 Å². The third kappa shape index (κ3) is 4.23. The Hall–Kier alpha value is -3.02. The summed E-state index contributed by atoms with van der Waals surface area (Å²) in [6.45, 7) is 0.182. The van der Waals surface area contributed by atoms with Crippen LogP contribution < -0.4 is 0 Å². The number of nitro benzene ring substituents is 1. The van der Waals surface area contributed by atoms with Crippen molar-refractivity contribution < 1.29 is 19.2 Å². The van der Waals surface area contributed by atoms with E-state index in [4.69, 9.17) is 4.74 Å². The molecular weight excluding hydrogens is 298 g/mol. The highest BCUT2D eigenvalue weighted by atomic mass is 16.6. The van der Waals surface area contributed by atoms with Gasteiger partial charge < -0.3 is 4.74 Å². The smallest absolute Gasteiger partial charge is 0.293 e. The molecule has 0 amide bonds. The molecule has 2 aromatic rings. The average molecular weight is 313 g/mol. The van der Waals surface area contributed by atoms with Crippen LogP contribution in [0.5, 0.6) is 0 Å². The molecule has 0 aliphatic rings. The normalized spacial score (nSPS) is 11.5. The van der Waals surface area contributed by atoms with E-state index in [1.807, 2.05) is 0 Å². The fraction of sp³-hybridized carbons (Fsp3) is 0.176. The first kappa shape index (κ1) is 16.4. The molecule has 6 heteroatoms. The lowest BCUT2D eigenvalue weighted by atomic mass is 9.91. The molecule has 0 heterocycles. The van der Waals surface area contributed by atoms with Gasteiger partial charge in [-0.15, -0.1) is 0 Å². The number of hydrogen-bond donors (Lipinski definition) is 0. The first-order chi connectivity index (χ1) is 11.1. The Kier molecular flexibility index (Phi) is 5.57. The Morgan fingerprint density at radius 2 is 1.78 bits per heavy atom. The summed E-state index contributed by atoms with van der Waals surface area (Å²) in [5.74, 6) is -0.738. The summed E-state index contributed by atoms with van der Waals surface area (Å²) < 4.78 is 4.77. The van der Waals surface area contributed by atoms with Gasteiger partial charge in [-0.3, -0.25) is 19.7 Å². The summed E-state index contributed by atoms with van der Waals surface area (Å²) in [6, 6.07) is 14.8. The van der Waals surface area contributed by atoms with Crippen LogP contribution in [0.25, 0.3) is 0 Å². The van der Waals surface area contributed by atoms with Gasteiger partial charge in [-0.2, -0.15) is 0 Å². The minimum atomic E-state index is -0.575. The molecule has 2 aromatic carbocycles. The van der Waals surface area contributed by atoms with Crippen LogP contribution in [0.3, 0.4) is 0 Å². The highest BCUT2D eigenvalue weighted by Crippen LogP contribution is 2.30. The Morgan fingerprint density at radius 3 is 2.43 bits per heavy atom. The Morgan fingerprint density at radius 1 is 1.13 bits per heavy atom. The summed E-state index contributed by atoms with van der Waals surface area (Å²) in [4.78, 5) is 33.5. The molecule has 118 valence electrons. The highest BCUT2D eigenvalue weighted by molar-refractivity contribution is 5.96. The third-order valence-electron chi connectivity index (χ3n) is 3.47. The standard InChI is InChI=1S/C17H15NO5/c19-12-23-11-14(10-17(20)13-6-2-1-3-7-13)15-8-4-5-9-16(15)18(21)22/h1-9,12,14H,10-11H2. The van der Waals surface area contributed by atoms with Crippen LogP contribution in [0.1, 0.15) is 28.3 Å². The van der Waals surface area contributed by atoms with Gasteiger partial charge in [-0.05, 0) is 0 Å². The number of ether oxygens (including phenoxy) is 1. The van der Waals surface area contributed by atoms with E-state index in [0.717, 1.165) is 0 Å². The predicted octanol–water partition coefficient (Wildman–Crippen LogP) is 3.12. The molecule has 0 aliphatic carbocycles. The van der Waals surface area contributed by atoms with Gasteiger partial charge in [0.2, 0.25) is 0 Å². The van der Waals surface area contributed by atoms with E-state index in [9.17, 15) is 19.7 Å². The number of nitro groups is 1. The fourth-order valence-corrected chi connectivity index (χ4v) is 2.38. The molecule has 1 atom stereocenters. The van der Waals surface area contributed by atoms with E-state index < -0.39 is 10.8 Å². The van der Waals surface area contributed by atoms with E-state index in [0.29, 0.717) is 11.1 Å². The molecule has 2 rings (SSSR count). The average Bonchev–Trinajstić information content (AvgIpc) is 2.59. The monoisotopic (exact) mass is 313 g/mol. The van der Waals surface area contributed by atoms with Crippen molar-refractivity contribution in [1.29, 1.82) is 0 Å². The van der Waals surface area contributed by atoms with Crippen molar-refractivity contribution in [2.45, 2.75) is 12.3 Å². The zero-order chi connectivity index (χ0) is 16.7. The molecule has 0 aromatic heterocycles. The molecular formula is C17H15NO5. The molecule has 0 spiro atoms. The molecule has 0 bridgehead atoms. The number of carbonyl (C=O) groups is 2. The van der Waals surface area contributed by atoms with Crippen molar-refractivity contribution in [2.24, 2.45) is 0 Å². The van der Waals surface area contributed by atoms with Gasteiger partial charge in [0.25, 0.3) is 12.2 Å². The van der Waals surface area contributed by atoms with Crippen LogP contribution in [-0.2, 0) is 9.53 Å². The van der Waals surface area contributed by atoms with Gasteiger partial charge >= 0.3 is 0 Å². The van der Waals surface area contributed by atoms with Gasteiger partial charge in [-0.1, -0.05) is 48.5 Å². The largest absolute Gasteiger partial charge is 0.467 e. The van der Waals surface area contributed by atoms with E-state index in [1.54, 1.807) is 48.5 Å². The fourth-order valence-electron chi connectivity index (χ4n) is 2.38. The van der Waals surface area contributed by atoms with E-state index in [1.165, 1.54) is 6.07 Å². The minimum Gasteiger partial charge on any atom is -0.467 e. The molecule has 0 radical (unpaired) electrons. The highest BCUT2D eigenvalue weighted by Gasteiger charge is 2.25. The van der Waals surface area contributed by atoms with Gasteiger partial charge in [0.1, 0.15) is 0 Å². The van der Waals surface area contributed by atoms with Crippen LogP contribution >= 0.6 is 0 Å². The number of hydrogen-bond acceptors (Lipinski definition) is 5. The summed E-state index contributed by atoms with van der Waals surface area (Å²) in [6.07, 6.45) is 0.0166. The number of nitrogens with zero attached hydrogens (tertiary/aromatic N) is 1. The SMILES string of the molecule is O=COCC(CC(=O)c1ccccc1)c1ccccc1[N+](=O)[O-]. The first-order valence-electron chi connectivity index (χ1n) is 7.00. The zero-order valence-electron chi connectivity index (χ0n) is 12.3. The van der Waals surface area contributed by atoms with Crippen molar-refractivity contribution >= 4 is 17.9 Å². The molecule has 6 nitrogen and oxygen atoms in total.